The molecule has 3 N–H and O–H groups in total. The summed E-state index contributed by atoms with van der Waals surface area (Å²) in [5, 5.41) is 29.0. The quantitative estimate of drug-likeness (QED) is 0.363. The fourth-order valence-electron chi connectivity index (χ4n) is 6.47. The Labute approximate surface area is 189 Å². The van der Waals surface area contributed by atoms with E-state index in [4.69, 9.17) is 0 Å². The van der Waals surface area contributed by atoms with Crippen molar-refractivity contribution < 1.29 is 15.3 Å². The molecular weight excluding hydrogens is 384 g/mol. The highest BCUT2D eigenvalue weighted by Crippen LogP contribution is 2.59. The molecular formula is C28H44O3. The minimum absolute atomic E-state index is 0.152. The molecule has 0 saturated heterocycles. The van der Waals surface area contributed by atoms with Crippen molar-refractivity contribution in [2.24, 2.45) is 35.0 Å². The number of rotatable bonds is 6. The lowest BCUT2D eigenvalue weighted by molar-refractivity contribution is -0.0874. The summed E-state index contributed by atoms with van der Waals surface area (Å²) in [6.07, 6.45) is 16.4. The summed E-state index contributed by atoms with van der Waals surface area (Å²) in [6, 6.07) is 0. The molecule has 3 nitrogen and oxygen atoms in total. The third-order valence-electron chi connectivity index (χ3n) is 8.88. The van der Waals surface area contributed by atoms with Gasteiger partial charge in [0.2, 0.25) is 0 Å². The molecule has 7 atom stereocenters. The van der Waals surface area contributed by atoms with Crippen LogP contribution < -0.4 is 0 Å². The maximum absolute atomic E-state index is 10.0. The second-order valence-electron chi connectivity index (χ2n) is 10.9. The monoisotopic (exact) mass is 428 g/mol. The van der Waals surface area contributed by atoms with Crippen LogP contribution in [0.4, 0.5) is 0 Å². The minimum Gasteiger partial charge on any atom is -0.393 e. The van der Waals surface area contributed by atoms with Crippen molar-refractivity contribution in [2.45, 2.75) is 91.5 Å². The molecule has 3 rings (SSSR count). The van der Waals surface area contributed by atoms with Crippen LogP contribution in [0.3, 0.4) is 0 Å². The predicted molar refractivity (Wildman–Crippen MR) is 128 cm³/mol. The van der Waals surface area contributed by atoms with E-state index in [0.717, 1.165) is 19.3 Å². The van der Waals surface area contributed by atoms with Gasteiger partial charge in [0.1, 0.15) is 0 Å². The van der Waals surface area contributed by atoms with E-state index in [1.165, 1.54) is 43.3 Å². The second-order valence-corrected chi connectivity index (χ2v) is 10.9. The van der Waals surface area contributed by atoms with E-state index >= 15 is 0 Å². The zero-order chi connectivity index (χ0) is 22.8. The van der Waals surface area contributed by atoms with Crippen LogP contribution in [-0.2, 0) is 0 Å². The molecule has 0 spiro atoms. The number of fused-ring (bicyclic) bond motifs is 1. The van der Waals surface area contributed by atoms with Crippen LogP contribution in [0.1, 0.15) is 79.1 Å². The van der Waals surface area contributed by atoms with Crippen molar-refractivity contribution in [3.05, 3.63) is 47.6 Å². The van der Waals surface area contributed by atoms with Gasteiger partial charge in [-0.05, 0) is 86.0 Å². The van der Waals surface area contributed by atoms with Crippen LogP contribution in [0.5, 0.6) is 0 Å². The zero-order valence-electron chi connectivity index (χ0n) is 20.1. The standard InChI is InChI=1S/C28H44O3/c1-18(21(4)27(30)31)8-9-20(3)25-14-15-26-22(7-6-16-28(25,26)5)11-12-23-17-24(29)13-10-19(23)2/h8-9,11-12,18,20-21,24-27,29-31H,2,6-7,10,13-17H2,1,3-5H3/b9-8+,22-11+,23-12+/t18-,20-,21?,24+,25-,26+,28-/m1/s1. The van der Waals surface area contributed by atoms with Crippen molar-refractivity contribution in [2.75, 3.05) is 0 Å². The molecule has 1 unspecified atom stereocenters. The van der Waals surface area contributed by atoms with Gasteiger partial charge in [-0.25, -0.2) is 0 Å². The Kier molecular flexibility index (Phi) is 8.05. The predicted octanol–water partition coefficient (Wildman–Crippen LogP) is 5.93. The van der Waals surface area contributed by atoms with E-state index in [0.29, 0.717) is 23.2 Å². The van der Waals surface area contributed by atoms with E-state index in [2.05, 4.69) is 51.7 Å². The van der Waals surface area contributed by atoms with Gasteiger partial charge >= 0.3 is 0 Å². The van der Waals surface area contributed by atoms with Crippen LogP contribution in [0.25, 0.3) is 0 Å². The Bertz CT molecular complexity index is 731. The zero-order valence-corrected chi connectivity index (χ0v) is 20.1. The smallest absolute Gasteiger partial charge is 0.154 e. The summed E-state index contributed by atoms with van der Waals surface area (Å²) in [4.78, 5) is 0. The first-order valence-electron chi connectivity index (χ1n) is 12.4. The first-order chi connectivity index (χ1) is 14.6. The van der Waals surface area contributed by atoms with Crippen molar-refractivity contribution in [1.82, 2.24) is 0 Å². The Hall–Kier alpha value is -1.16. The maximum Gasteiger partial charge on any atom is 0.154 e. The molecule has 0 amide bonds. The number of aliphatic hydroxyl groups excluding tert-OH is 2. The molecule has 3 saturated carbocycles. The first-order valence-corrected chi connectivity index (χ1v) is 12.4. The van der Waals surface area contributed by atoms with Gasteiger partial charge < -0.3 is 15.3 Å². The fraction of sp³-hybridized carbons (Fsp3) is 0.714. The second kappa shape index (κ2) is 10.2. The first kappa shape index (κ1) is 24.5. The SMILES string of the molecule is C=C1CC[C@H](O)C/C1=C\C=C1/CCC[C@]2(C)[C@@H]([C@H](C)/C=C/[C@@H](C)C(C)C(O)O)CC[C@@H]12. The molecule has 3 aliphatic rings. The van der Waals surface area contributed by atoms with Gasteiger partial charge in [-0.2, -0.15) is 0 Å². The van der Waals surface area contributed by atoms with Crippen molar-refractivity contribution >= 4 is 0 Å². The summed E-state index contributed by atoms with van der Waals surface area (Å²) in [5.41, 5.74) is 4.36. The number of hydrogen-bond acceptors (Lipinski definition) is 3. The largest absolute Gasteiger partial charge is 0.393 e. The van der Waals surface area contributed by atoms with E-state index < -0.39 is 6.29 Å². The Morgan fingerprint density at radius 3 is 2.48 bits per heavy atom. The van der Waals surface area contributed by atoms with Gasteiger partial charge in [0, 0.05) is 5.92 Å². The van der Waals surface area contributed by atoms with Crippen LogP contribution in [-0.4, -0.2) is 27.7 Å². The third-order valence-corrected chi connectivity index (χ3v) is 8.88. The van der Waals surface area contributed by atoms with E-state index in [1.54, 1.807) is 5.57 Å². The average molecular weight is 429 g/mol. The van der Waals surface area contributed by atoms with Crippen LogP contribution in [0.15, 0.2) is 47.6 Å². The highest BCUT2D eigenvalue weighted by Gasteiger charge is 2.50. The lowest BCUT2D eigenvalue weighted by Crippen LogP contribution is -2.35. The summed E-state index contributed by atoms with van der Waals surface area (Å²) < 4.78 is 0. The molecule has 0 aromatic heterocycles. The molecule has 0 radical (unpaired) electrons. The number of hydrogen-bond donors (Lipinski definition) is 3. The average Bonchev–Trinajstić information content (AvgIpc) is 3.09. The lowest BCUT2D eigenvalue weighted by Gasteiger charge is -2.44. The lowest BCUT2D eigenvalue weighted by atomic mass is 9.61. The molecule has 0 aliphatic heterocycles. The van der Waals surface area contributed by atoms with Gasteiger partial charge in [-0.15, -0.1) is 0 Å². The van der Waals surface area contributed by atoms with Crippen LogP contribution in [0, 0.1) is 35.0 Å². The molecule has 174 valence electrons. The topological polar surface area (TPSA) is 60.7 Å². The fourth-order valence-corrected chi connectivity index (χ4v) is 6.47. The Balaban J connectivity index is 1.72. The van der Waals surface area contributed by atoms with Gasteiger partial charge in [-0.1, -0.05) is 69.7 Å². The van der Waals surface area contributed by atoms with Crippen LogP contribution >= 0.6 is 0 Å². The highest BCUT2D eigenvalue weighted by molar-refractivity contribution is 5.36. The Morgan fingerprint density at radius 1 is 1.03 bits per heavy atom. The molecule has 3 fully saturated rings. The Morgan fingerprint density at radius 2 is 1.77 bits per heavy atom. The molecule has 0 heterocycles. The van der Waals surface area contributed by atoms with Crippen molar-refractivity contribution in [3.63, 3.8) is 0 Å². The van der Waals surface area contributed by atoms with Crippen molar-refractivity contribution in [1.29, 1.82) is 0 Å². The summed E-state index contributed by atoms with van der Waals surface area (Å²) in [5.74, 6) is 1.81. The maximum atomic E-state index is 10.0. The summed E-state index contributed by atoms with van der Waals surface area (Å²) in [6.45, 7) is 13.0. The summed E-state index contributed by atoms with van der Waals surface area (Å²) in [7, 11) is 0. The number of aliphatic hydroxyl groups is 3. The van der Waals surface area contributed by atoms with Crippen LogP contribution in [0.2, 0.25) is 0 Å². The molecule has 3 heteroatoms. The van der Waals surface area contributed by atoms with Gasteiger partial charge in [0.15, 0.2) is 6.29 Å². The molecule has 0 aromatic rings. The summed E-state index contributed by atoms with van der Waals surface area (Å²) >= 11 is 0. The third kappa shape index (κ3) is 5.43. The van der Waals surface area contributed by atoms with Gasteiger partial charge in [-0.3, -0.25) is 0 Å². The normalized spacial score (nSPS) is 37.5. The van der Waals surface area contributed by atoms with Crippen molar-refractivity contribution in [3.8, 4) is 0 Å². The molecule has 0 aromatic carbocycles. The molecule has 31 heavy (non-hydrogen) atoms. The van der Waals surface area contributed by atoms with E-state index in [-0.39, 0.29) is 17.9 Å². The molecule has 3 aliphatic carbocycles. The molecule has 0 bridgehead atoms. The highest BCUT2D eigenvalue weighted by atomic mass is 16.5. The number of allylic oxidation sites excluding steroid dienone is 6. The van der Waals surface area contributed by atoms with E-state index in [9.17, 15) is 15.3 Å². The minimum atomic E-state index is -1.26. The van der Waals surface area contributed by atoms with Gasteiger partial charge in [0.25, 0.3) is 0 Å². The van der Waals surface area contributed by atoms with E-state index in [1.807, 2.05) is 6.92 Å². The van der Waals surface area contributed by atoms with Gasteiger partial charge in [0.05, 0.1) is 6.10 Å².